The minimum atomic E-state index is -0.884. The minimum Gasteiger partial charge on any atom is -0.494 e. The topological polar surface area (TPSA) is 77.2 Å². The molecule has 0 aliphatic rings. The smallest absolute Gasteiger partial charge is 0.313 e. The fourth-order valence-corrected chi connectivity index (χ4v) is 3.21. The van der Waals surface area contributed by atoms with E-state index in [1.54, 1.807) is 0 Å². The molecule has 0 amide bonds. The first-order valence-electron chi connectivity index (χ1n) is 8.23. The zero-order chi connectivity index (χ0) is 18.4. The average Bonchev–Trinajstić information content (AvgIpc) is 3.05. The second kappa shape index (κ2) is 8.53. The van der Waals surface area contributed by atoms with E-state index in [0.717, 1.165) is 34.6 Å². The number of carboxylic acid groups (broad SMARTS) is 1. The highest BCUT2D eigenvalue weighted by Gasteiger charge is 2.16. The minimum absolute atomic E-state index is 0.0615. The molecule has 3 aromatic rings. The van der Waals surface area contributed by atoms with Crippen LogP contribution in [0.1, 0.15) is 18.3 Å². The second-order valence-electron chi connectivity index (χ2n) is 5.51. The summed E-state index contributed by atoms with van der Waals surface area (Å²) in [7, 11) is 0. The van der Waals surface area contributed by atoms with Crippen molar-refractivity contribution in [3.63, 3.8) is 0 Å². The average molecular weight is 369 g/mol. The van der Waals surface area contributed by atoms with E-state index in [0.29, 0.717) is 18.2 Å². The van der Waals surface area contributed by atoms with E-state index in [9.17, 15) is 4.79 Å². The van der Waals surface area contributed by atoms with E-state index in [4.69, 9.17) is 9.84 Å². The molecule has 1 heterocycles. The van der Waals surface area contributed by atoms with Gasteiger partial charge in [0.15, 0.2) is 5.16 Å². The lowest BCUT2D eigenvalue weighted by molar-refractivity contribution is -0.133. The molecule has 1 N–H and O–H groups in total. The maximum atomic E-state index is 10.9. The maximum absolute atomic E-state index is 10.9. The van der Waals surface area contributed by atoms with Gasteiger partial charge in [0.1, 0.15) is 11.6 Å². The highest BCUT2D eigenvalue weighted by Crippen LogP contribution is 2.24. The van der Waals surface area contributed by atoms with Crippen LogP contribution in [0, 0.1) is 0 Å². The largest absolute Gasteiger partial charge is 0.494 e. The Morgan fingerprint density at radius 1 is 1.12 bits per heavy atom. The van der Waals surface area contributed by atoms with Crippen LogP contribution >= 0.6 is 11.8 Å². The highest BCUT2D eigenvalue weighted by atomic mass is 32.2. The summed E-state index contributed by atoms with van der Waals surface area (Å²) in [6.07, 6.45) is 0.585. The van der Waals surface area contributed by atoms with Gasteiger partial charge in [0, 0.05) is 12.1 Å². The van der Waals surface area contributed by atoms with Crippen LogP contribution in [-0.4, -0.2) is 38.2 Å². The number of thioether (sulfide) groups is 1. The molecule has 0 fully saturated rings. The molecule has 1 aromatic heterocycles. The van der Waals surface area contributed by atoms with Crippen molar-refractivity contribution < 1.29 is 14.6 Å². The lowest BCUT2D eigenvalue weighted by atomic mass is 10.1. The van der Waals surface area contributed by atoms with Gasteiger partial charge in [-0.25, -0.2) is 0 Å². The summed E-state index contributed by atoms with van der Waals surface area (Å²) < 4.78 is 7.38. The molecular formula is C19H19N3O3S. The number of hydrogen-bond donors (Lipinski definition) is 1. The van der Waals surface area contributed by atoms with Crippen LogP contribution in [0.5, 0.6) is 5.75 Å². The van der Waals surface area contributed by atoms with Gasteiger partial charge in [-0.15, -0.1) is 10.2 Å². The van der Waals surface area contributed by atoms with Crippen molar-refractivity contribution in [1.29, 1.82) is 0 Å². The van der Waals surface area contributed by atoms with Crippen LogP contribution in [0.25, 0.3) is 5.69 Å². The molecule has 26 heavy (non-hydrogen) atoms. The number of nitrogens with zero attached hydrogens (tertiary/aromatic N) is 3. The molecular weight excluding hydrogens is 350 g/mol. The quantitative estimate of drug-likeness (QED) is 0.613. The molecule has 0 unspecified atom stereocenters. The fraction of sp³-hybridized carbons (Fsp3) is 0.211. The predicted octanol–water partition coefficient (Wildman–Crippen LogP) is 3.43. The van der Waals surface area contributed by atoms with Gasteiger partial charge in [0.05, 0.1) is 12.4 Å². The molecule has 134 valence electrons. The van der Waals surface area contributed by atoms with E-state index < -0.39 is 5.97 Å². The highest BCUT2D eigenvalue weighted by molar-refractivity contribution is 7.99. The molecule has 6 nitrogen and oxygen atoms in total. The van der Waals surface area contributed by atoms with Gasteiger partial charge in [-0.1, -0.05) is 42.1 Å². The molecule has 0 saturated heterocycles. The first-order chi connectivity index (χ1) is 12.7. The SMILES string of the molecule is CCOc1ccc(Cc2nnc(SCC(=O)O)n2-c2ccccc2)cc1. The molecule has 0 aliphatic carbocycles. The number of aromatic nitrogens is 3. The van der Waals surface area contributed by atoms with Gasteiger partial charge in [-0.2, -0.15) is 0 Å². The number of aliphatic carboxylic acids is 1. The fourth-order valence-electron chi connectivity index (χ4n) is 2.52. The summed E-state index contributed by atoms with van der Waals surface area (Å²) in [5.41, 5.74) is 1.99. The molecule has 0 bridgehead atoms. The first-order valence-corrected chi connectivity index (χ1v) is 9.22. The number of para-hydroxylation sites is 1. The zero-order valence-corrected chi connectivity index (χ0v) is 15.1. The van der Waals surface area contributed by atoms with Crippen molar-refractivity contribution in [1.82, 2.24) is 14.8 Å². The van der Waals surface area contributed by atoms with Crippen molar-refractivity contribution in [2.24, 2.45) is 0 Å². The molecule has 0 spiro atoms. The summed E-state index contributed by atoms with van der Waals surface area (Å²) in [4.78, 5) is 10.9. The van der Waals surface area contributed by atoms with Crippen molar-refractivity contribution >= 4 is 17.7 Å². The molecule has 7 heteroatoms. The number of carbonyl (C=O) groups is 1. The van der Waals surface area contributed by atoms with E-state index >= 15 is 0 Å². The molecule has 2 aromatic carbocycles. The van der Waals surface area contributed by atoms with Gasteiger partial charge in [0.25, 0.3) is 0 Å². The van der Waals surface area contributed by atoms with Crippen molar-refractivity contribution in [2.75, 3.05) is 12.4 Å². The van der Waals surface area contributed by atoms with Crippen LogP contribution in [-0.2, 0) is 11.2 Å². The standard InChI is InChI=1S/C19H19N3O3S/c1-2-25-16-10-8-14(9-11-16)12-17-20-21-19(26-13-18(23)24)22(17)15-6-4-3-5-7-15/h3-11H,2,12-13H2,1H3,(H,23,24). The molecule has 0 aliphatic heterocycles. The third kappa shape index (κ3) is 4.43. The van der Waals surface area contributed by atoms with E-state index in [1.165, 1.54) is 0 Å². The Hall–Kier alpha value is -2.80. The molecule has 0 saturated carbocycles. The van der Waals surface area contributed by atoms with Crippen molar-refractivity contribution in [3.05, 3.63) is 66.0 Å². The van der Waals surface area contributed by atoms with Crippen LogP contribution in [0.15, 0.2) is 59.8 Å². The van der Waals surface area contributed by atoms with Crippen LogP contribution in [0.3, 0.4) is 0 Å². The Kier molecular flexibility index (Phi) is 5.91. The Bertz CT molecular complexity index is 863. The van der Waals surface area contributed by atoms with Gasteiger partial charge >= 0.3 is 5.97 Å². The summed E-state index contributed by atoms with van der Waals surface area (Å²) >= 11 is 1.16. The Morgan fingerprint density at radius 3 is 2.50 bits per heavy atom. The number of benzene rings is 2. The summed E-state index contributed by atoms with van der Waals surface area (Å²) in [6.45, 7) is 2.58. The van der Waals surface area contributed by atoms with E-state index in [2.05, 4.69) is 10.2 Å². The number of ether oxygens (including phenoxy) is 1. The van der Waals surface area contributed by atoms with Crippen LogP contribution in [0.4, 0.5) is 0 Å². The molecule has 0 radical (unpaired) electrons. The van der Waals surface area contributed by atoms with E-state index in [1.807, 2.05) is 66.1 Å². The van der Waals surface area contributed by atoms with Crippen molar-refractivity contribution in [3.8, 4) is 11.4 Å². The molecule has 3 rings (SSSR count). The normalized spacial score (nSPS) is 10.7. The van der Waals surface area contributed by atoms with Crippen molar-refractivity contribution in [2.45, 2.75) is 18.5 Å². The Balaban J connectivity index is 1.89. The summed E-state index contributed by atoms with van der Waals surface area (Å²) in [5.74, 6) is 0.644. The third-order valence-electron chi connectivity index (χ3n) is 3.64. The van der Waals surface area contributed by atoms with Crippen LogP contribution in [0.2, 0.25) is 0 Å². The number of rotatable bonds is 8. The van der Waals surface area contributed by atoms with Gasteiger partial charge in [-0.3, -0.25) is 9.36 Å². The summed E-state index contributed by atoms with van der Waals surface area (Å²) in [6, 6.07) is 17.6. The Labute approximate surface area is 155 Å². The second-order valence-corrected chi connectivity index (χ2v) is 6.45. The third-order valence-corrected chi connectivity index (χ3v) is 4.55. The number of hydrogen-bond acceptors (Lipinski definition) is 5. The lowest BCUT2D eigenvalue weighted by Gasteiger charge is -2.10. The first kappa shape index (κ1) is 18.0. The zero-order valence-electron chi connectivity index (χ0n) is 14.3. The maximum Gasteiger partial charge on any atom is 0.313 e. The number of carboxylic acids is 1. The summed E-state index contributed by atoms with van der Waals surface area (Å²) in [5, 5.41) is 18.0. The Morgan fingerprint density at radius 2 is 1.85 bits per heavy atom. The molecule has 0 atom stereocenters. The van der Waals surface area contributed by atoms with E-state index in [-0.39, 0.29) is 5.75 Å². The monoisotopic (exact) mass is 369 g/mol. The van der Waals surface area contributed by atoms with Crippen LogP contribution < -0.4 is 4.74 Å². The predicted molar refractivity (Wildman–Crippen MR) is 100 cm³/mol. The van der Waals surface area contributed by atoms with Gasteiger partial charge < -0.3 is 9.84 Å². The van der Waals surface area contributed by atoms with Gasteiger partial charge in [-0.05, 0) is 36.8 Å². The van der Waals surface area contributed by atoms with Gasteiger partial charge in [0.2, 0.25) is 0 Å². The lowest BCUT2D eigenvalue weighted by Crippen LogP contribution is -2.05.